The first-order chi connectivity index (χ1) is 15.5. The van der Waals surface area contributed by atoms with E-state index < -0.39 is 11.4 Å². The van der Waals surface area contributed by atoms with E-state index in [0.29, 0.717) is 10.7 Å². The largest absolute Gasteiger partial charge is 0.493 e. The highest BCUT2D eigenvalue weighted by Crippen LogP contribution is 2.35. The van der Waals surface area contributed by atoms with Gasteiger partial charge in [-0.2, -0.15) is 4.98 Å². The van der Waals surface area contributed by atoms with Gasteiger partial charge >= 0.3 is 0 Å². The van der Waals surface area contributed by atoms with Crippen molar-refractivity contribution in [3.05, 3.63) is 87.2 Å². The average Bonchev–Trinajstić information content (AvgIpc) is 3.18. The summed E-state index contributed by atoms with van der Waals surface area (Å²) in [6, 6.07) is 17.9. The minimum Gasteiger partial charge on any atom is -0.493 e. The number of thioether (sulfide) groups is 1. The van der Waals surface area contributed by atoms with Crippen LogP contribution < -0.4 is 10.9 Å². The fourth-order valence-electron chi connectivity index (χ4n) is 4.07. The van der Waals surface area contributed by atoms with E-state index in [-0.39, 0.29) is 16.8 Å². The molecule has 4 aromatic rings. The van der Waals surface area contributed by atoms with Crippen LogP contribution >= 0.6 is 23.4 Å². The van der Waals surface area contributed by atoms with Crippen LogP contribution in [0.3, 0.4) is 0 Å². The lowest BCUT2D eigenvalue weighted by Gasteiger charge is -2.13. The van der Waals surface area contributed by atoms with Crippen molar-refractivity contribution in [3.8, 4) is 11.6 Å². The van der Waals surface area contributed by atoms with Gasteiger partial charge in [-0.3, -0.25) is 14.2 Å². The maximum absolute atomic E-state index is 12.8. The third-order valence-electron chi connectivity index (χ3n) is 5.42. The summed E-state index contributed by atoms with van der Waals surface area (Å²) in [4.78, 5) is 29.3. The van der Waals surface area contributed by atoms with Crippen molar-refractivity contribution in [2.24, 2.45) is 0 Å². The summed E-state index contributed by atoms with van der Waals surface area (Å²) in [7, 11) is 0. The fraction of sp³-hybridized carbons (Fsp3) is 0.125. The molecule has 0 atom stereocenters. The van der Waals surface area contributed by atoms with Gasteiger partial charge in [-0.05, 0) is 53.6 Å². The van der Waals surface area contributed by atoms with Crippen LogP contribution in [0.15, 0.2) is 70.6 Å². The van der Waals surface area contributed by atoms with E-state index in [1.165, 1.54) is 21.1 Å². The lowest BCUT2D eigenvalue weighted by Crippen LogP contribution is -2.21. The number of anilines is 1. The van der Waals surface area contributed by atoms with E-state index in [4.69, 9.17) is 11.6 Å². The maximum atomic E-state index is 12.8. The lowest BCUT2D eigenvalue weighted by molar-refractivity contribution is -0.113. The van der Waals surface area contributed by atoms with Crippen LogP contribution in [0, 0.1) is 0 Å². The molecule has 32 heavy (non-hydrogen) atoms. The number of nitrogens with one attached hydrogen (secondary N) is 1. The molecule has 0 saturated heterocycles. The molecule has 0 bridgehead atoms. The molecule has 0 unspecified atom stereocenters. The molecule has 6 nitrogen and oxygen atoms in total. The van der Waals surface area contributed by atoms with Crippen molar-refractivity contribution in [1.82, 2.24) is 9.55 Å². The zero-order chi connectivity index (χ0) is 22.2. The first kappa shape index (κ1) is 20.6. The molecule has 1 heterocycles. The number of halogens is 1. The van der Waals surface area contributed by atoms with Gasteiger partial charge in [-0.25, -0.2) is 0 Å². The molecule has 0 fully saturated rings. The maximum Gasteiger partial charge on any atom is 0.262 e. The number of benzene rings is 3. The second-order valence-electron chi connectivity index (χ2n) is 7.50. The Morgan fingerprint density at radius 3 is 2.69 bits per heavy atom. The Labute approximate surface area is 192 Å². The van der Waals surface area contributed by atoms with E-state index in [1.54, 1.807) is 24.3 Å². The number of hydrogen-bond donors (Lipinski definition) is 2. The number of nitrogens with zero attached hydrogens (tertiary/aromatic N) is 2. The molecule has 1 amide bonds. The Hall–Kier alpha value is -3.29. The minimum absolute atomic E-state index is 0.0133. The molecule has 2 N–H and O–H groups in total. The molecule has 0 saturated carbocycles. The number of rotatable bonds is 5. The van der Waals surface area contributed by atoms with Crippen LogP contribution in [0.4, 0.5) is 5.69 Å². The highest BCUT2D eigenvalue weighted by molar-refractivity contribution is 7.99. The Kier molecular flexibility index (Phi) is 5.36. The number of carbonyl (C=O) groups excluding carboxylic acids is 1. The third-order valence-corrected chi connectivity index (χ3v) is 6.60. The van der Waals surface area contributed by atoms with Crippen molar-refractivity contribution in [2.45, 2.75) is 18.0 Å². The monoisotopic (exact) mass is 463 g/mol. The van der Waals surface area contributed by atoms with E-state index >= 15 is 0 Å². The standard InChI is InChI=1S/C24H18ClN3O3S/c25-16-4-2-5-17(11-16)28-22(31)12-20(29)27-24(28)32-13-21(30)26-19-10-9-15-8-7-14-3-1-6-18(19)23(14)15/h1-6,9-12,29H,7-8,13H2,(H,26,30). The molecule has 1 aliphatic carbocycles. The summed E-state index contributed by atoms with van der Waals surface area (Å²) in [6.07, 6.45) is 2.04. The van der Waals surface area contributed by atoms with Crippen molar-refractivity contribution in [1.29, 1.82) is 0 Å². The summed E-state index contributed by atoms with van der Waals surface area (Å²) in [5.74, 6) is -0.619. The van der Waals surface area contributed by atoms with Gasteiger partial charge in [0.25, 0.3) is 5.56 Å². The van der Waals surface area contributed by atoms with E-state index in [0.717, 1.165) is 41.7 Å². The topological polar surface area (TPSA) is 84.2 Å². The van der Waals surface area contributed by atoms with Gasteiger partial charge in [0.2, 0.25) is 11.8 Å². The Bertz CT molecular complexity index is 1420. The highest BCUT2D eigenvalue weighted by Gasteiger charge is 2.18. The van der Waals surface area contributed by atoms with E-state index in [9.17, 15) is 14.7 Å². The molecular formula is C24H18ClN3O3S. The minimum atomic E-state index is -0.463. The zero-order valence-corrected chi connectivity index (χ0v) is 18.4. The molecule has 0 spiro atoms. The van der Waals surface area contributed by atoms with Gasteiger partial charge < -0.3 is 10.4 Å². The third kappa shape index (κ3) is 3.85. The number of aromatic hydroxyl groups is 1. The first-order valence-electron chi connectivity index (χ1n) is 10.0. The van der Waals surface area contributed by atoms with Gasteiger partial charge in [0, 0.05) is 16.1 Å². The van der Waals surface area contributed by atoms with Crippen LogP contribution in [0.5, 0.6) is 5.88 Å². The van der Waals surface area contributed by atoms with Gasteiger partial charge in [-0.15, -0.1) is 0 Å². The number of carbonyl (C=O) groups is 1. The second-order valence-corrected chi connectivity index (χ2v) is 8.88. The van der Waals surface area contributed by atoms with Crippen molar-refractivity contribution >= 4 is 45.7 Å². The van der Waals surface area contributed by atoms with Gasteiger partial charge in [-0.1, -0.05) is 53.7 Å². The fourth-order valence-corrected chi connectivity index (χ4v) is 5.07. The summed E-state index contributed by atoms with van der Waals surface area (Å²) in [6.45, 7) is 0. The predicted molar refractivity (Wildman–Crippen MR) is 127 cm³/mol. The molecule has 5 rings (SSSR count). The molecular weight excluding hydrogens is 446 g/mol. The van der Waals surface area contributed by atoms with Crippen molar-refractivity contribution in [3.63, 3.8) is 0 Å². The molecule has 3 aromatic carbocycles. The Balaban J connectivity index is 1.40. The van der Waals surface area contributed by atoms with E-state index in [1.807, 2.05) is 18.2 Å². The Morgan fingerprint density at radius 2 is 1.88 bits per heavy atom. The number of aromatic nitrogens is 2. The zero-order valence-electron chi connectivity index (χ0n) is 16.8. The van der Waals surface area contributed by atoms with Crippen LogP contribution in [0.2, 0.25) is 5.02 Å². The van der Waals surface area contributed by atoms with Gasteiger partial charge in [0.15, 0.2) is 5.16 Å². The molecule has 8 heteroatoms. The van der Waals surface area contributed by atoms with Gasteiger partial charge in [0.05, 0.1) is 17.5 Å². The van der Waals surface area contributed by atoms with Crippen LogP contribution in [0.1, 0.15) is 11.1 Å². The van der Waals surface area contributed by atoms with E-state index in [2.05, 4.69) is 22.4 Å². The predicted octanol–water partition coefficient (Wildman–Crippen LogP) is 4.57. The SMILES string of the molecule is O=C(CSc1nc(O)cc(=O)n1-c1cccc(Cl)c1)Nc1ccc2c3c(cccc13)CC2. The summed E-state index contributed by atoms with van der Waals surface area (Å²) < 4.78 is 1.32. The quantitative estimate of drug-likeness (QED) is 0.334. The van der Waals surface area contributed by atoms with Crippen LogP contribution in [0.25, 0.3) is 16.5 Å². The lowest BCUT2D eigenvalue weighted by atomic mass is 10.0. The van der Waals surface area contributed by atoms with Crippen molar-refractivity contribution < 1.29 is 9.90 Å². The smallest absolute Gasteiger partial charge is 0.262 e. The highest BCUT2D eigenvalue weighted by atomic mass is 35.5. The number of amides is 1. The summed E-state index contributed by atoms with van der Waals surface area (Å²) in [5, 5.41) is 15.7. The molecule has 0 aliphatic heterocycles. The van der Waals surface area contributed by atoms with Crippen LogP contribution in [-0.4, -0.2) is 26.3 Å². The summed E-state index contributed by atoms with van der Waals surface area (Å²) in [5.41, 5.74) is 3.41. The van der Waals surface area contributed by atoms with Crippen LogP contribution in [-0.2, 0) is 17.6 Å². The number of hydrogen-bond acceptors (Lipinski definition) is 5. The average molecular weight is 464 g/mol. The Morgan fingerprint density at radius 1 is 1.09 bits per heavy atom. The summed E-state index contributed by atoms with van der Waals surface area (Å²) >= 11 is 7.13. The molecule has 1 aliphatic rings. The normalized spacial score (nSPS) is 12.3. The van der Waals surface area contributed by atoms with Crippen molar-refractivity contribution in [2.75, 3.05) is 11.1 Å². The first-order valence-corrected chi connectivity index (χ1v) is 11.4. The number of aryl methyl sites for hydroxylation is 2. The molecule has 0 radical (unpaired) electrons. The van der Waals surface area contributed by atoms with Gasteiger partial charge in [0.1, 0.15) is 0 Å². The molecule has 1 aromatic heterocycles. The molecule has 160 valence electrons. The second kappa shape index (κ2) is 8.33.